The number of ether oxygens (including phenoxy) is 1. The SMILES string of the molecule is COc1ccc(/C(O)=C2/C(=O)C(=O)N(C)C2c2ccc(Cl)cc2)cc1. The van der Waals surface area contributed by atoms with Gasteiger partial charge in [-0.25, -0.2) is 0 Å². The van der Waals surface area contributed by atoms with Crippen LogP contribution in [0, 0.1) is 0 Å². The normalized spacial score (nSPS) is 19.3. The number of methoxy groups -OCH3 is 1. The van der Waals surface area contributed by atoms with Crippen LogP contribution in [0.15, 0.2) is 54.1 Å². The number of benzene rings is 2. The zero-order valence-corrected chi connectivity index (χ0v) is 14.4. The van der Waals surface area contributed by atoms with Crippen LogP contribution in [-0.2, 0) is 9.59 Å². The van der Waals surface area contributed by atoms with Crippen molar-refractivity contribution in [3.8, 4) is 5.75 Å². The minimum atomic E-state index is -0.712. The number of nitrogens with zero attached hydrogens (tertiary/aromatic N) is 1. The summed E-state index contributed by atoms with van der Waals surface area (Å²) in [6.07, 6.45) is 0. The highest BCUT2D eigenvalue weighted by Crippen LogP contribution is 2.38. The Bertz CT molecular complexity index is 856. The van der Waals surface area contributed by atoms with E-state index in [1.807, 2.05) is 0 Å². The van der Waals surface area contributed by atoms with Crippen LogP contribution < -0.4 is 4.74 Å². The fourth-order valence-electron chi connectivity index (χ4n) is 2.89. The first-order valence-corrected chi connectivity index (χ1v) is 7.96. The van der Waals surface area contributed by atoms with Gasteiger partial charge < -0.3 is 14.7 Å². The molecule has 3 rings (SSSR count). The summed E-state index contributed by atoms with van der Waals surface area (Å²) in [5.74, 6) is -0.960. The van der Waals surface area contributed by atoms with E-state index in [1.54, 1.807) is 48.5 Å². The molecule has 1 N–H and O–H groups in total. The molecule has 0 saturated carbocycles. The van der Waals surface area contributed by atoms with Crippen LogP contribution in [0.25, 0.3) is 5.76 Å². The number of carbonyl (C=O) groups is 2. The van der Waals surface area contributed by atoms with Gasteiger partial charge >= 0.3 is 0 Å². The van der Waals surface area contributed by atoms with Crippen LogP contribution >= 0.6 is 11.6 Å². The van der Waals surface area contributed by atoms with Crippen LogP contribution in [0.5, 0.6) is 5.75 Å². The average Bonchev–Trinajstić information content (AvgIpc) is 2.86. The van der Waals surface area contributed by atoms with Crippen LogP contribution in [0.2, 0.25) is 5.02 Å². The Morgan fingerprint density at radius 3 is 2.24 bits per heavy atom. The van der Waals surface area contributed by atoms with Crippen molar-refractivity contribution in [2.45, 2.75) is 6.04 Å². The molecule has 1 aliphatic heterocycles. The maximum Gasteiger partial charge on any atom is 0.295 e. The van der Waals surface area contributed by atoms with Gasteiger partial charge in [0, 0.05) is 17.6 Å². The van der Waals surface area contributed by atoms with Crippen molar-refractivity contribution in [1.82, 2.24) is 4.90 Å². The van der Waals surface area contributed by atoms with Crippen molar-refractivity contribution in [2.24, 2.45) is 0 Å². The van der Waals surface area contributed by atoms with E-state index in [2.05, 4.69) is 0 Å². The molecule has 1 heterocycles. The van der Waals surface area contributed by atoms with Gasteiger partial charge in [-0.1, -0.05) is 23.7 Å². The molecular formula is C19H16ClNO4. The lowest BCUT2D eigenvalue weighted by molar-refractivity contribution is -0.139. The minimum absolute atomic E-state index is 0.0555. The monoisotopic (exact) mass is 357 g/mol. The van der Waals surface area contributed by atoms with Gasteiger partial charge in [0.1, 0.15) is 11.5 Å². The minimum Gasteiger partial charge on any atom is -0.507 e. The Balaban J connectivity index is 2.12. The summed E-state index contributed by atoms with van der Waals surface area (Å²) < 4.78 is 5.09. The molecule has 6 heteroatoms. The molecule has 25 heavy (non-hydrogen) atoms. The highest BCUT2D eigenvalue weighted by Gasteiger charge is 2.44. The van der Waals surface area contributed by atoms with Gasteiger partial charge in [0.2, 0.25) is 0 Å². The average molecular weight is 358 g/mol. The summed E-state index contributed by atoms with van der Waals surface area (Å²) in [4.78, 5) is 26.0. The molecule has 0 radical (unpaired) electrons. The summed E-state index contributed by atoms with van der Waals surface area (Å²) in [5, 5.41) is 11.2. The predicted molar refractivity (Wildman–Crippen MR) is 94.5 cm³/mol. The zero-order chi connectivity index (χ0) is 18.1. The number of Topliss-reactive ketones (excluding diaryl/α,β-unsaturated/α-hetero) is 1. The third kappa shape index (κ3) is 2.98. The number of hydrogen-bond donors (Lipinski definition) is 1. The van der Waals surface area contributed by atoms with Gasteiger partial charge in [-0.3, -0.25) is 9.59 Å². The number of halogens is 1. The lowest BCUT2D eigenvalue weighted by Crippen LogP contribution is -2.24. The highest BCUT2D eigenvalue weighted by atomic mass is 35.5. The van der Waals surface area contributed by atoms with Gasteiger partial charge in [0.25, 0.3) is 11.7 Å². The number of hydrogen-bond acceptors (Lipinski definition) is 4. The van der Waals surface area contributed by atoms with E-state index < -0.39 is 17.7 Å². The fraction of sp³-hybridized carbons (Fsp3) is 0.158. The van der Waals surface area contributed by atoms with Gasteiger partial charge in [-0.2, -0.15) is 0 Å². The van der Waals surface area contributed by atoms with Crippen molar-refractivity contribution >= 4 is 29.1 Å². The quantitative estimate of drug-likeness (QED) is 0.519. The fourth-order valence-corrected chi connectivity index (χ4v) is 3.01. The summed E-state index contributed by atoms with van der Waals surface area (Å²) in [5.41, 5.74) is 1.19. The van der Waals surface area contributed by atoms with E-state index in [0.29, 0.717) is 21.9 Å². The van der Waals surface area contributed by atoms with Crippen molar-refractivity contribution in [2.75, 3.05) is 14.2 Å². The van der Waals surface area contributed by atoms with Crippen LogP contribution in [0.4, 0.5) is 0 Å². The van der Waals surface area contributed by atoms with Crippen molar-refractivity contribution in [3.05, 3.63) is 70.3 Å². The molecule has 0 spiro atoms. The lowest BCUT2D eigenvalue weighted by atomic mass is 9.95. The van der Waals surface area contributed by atoms with Gasteiger partial charge in [0.05, 0.1) is 18.7 Å². The van der Waals surface area contributed by atoms with Crippen molar-refractivity contribution < 1.29 is 19.4 Å². The molecule has 1 fully saturated rings. The molecule has 0 aliphatic carbocycles. The summed E-state index contributed by atoms with van der Waals surface area (Å²) in [6, 6.07) is 12.8. The molecule has 0 aromatic heterocycles. The number of likely N-dealkylation sites (N-methyl/N-ethyl adjacent to an activating group) is 1. The van der Waals surface area contributed by atoms with Gasteiger partial charge in [-0.15, -0.1) is 0 Å². The molecule has 1 amide bonds. The second kappa shape index (κ2) is 6.61. The first-order valence-electron chi connectivity index (χ1n) is 7.58. The third-order valence-electron chi connectivity index (χ3n) is 4.22. The summed E-state index contributed by atoms with van der Waals surface area (Å²) in [7, 11) is 3.08. The standard InChI is InChI=1S/C19H16ClNO4/c1-21-16(11-3-7-13(20)8-4-11)15(18(23)19(21)24)17(22)12-5-9-14(25-2)10-6-12/h3-10,16,22H,1-2H3/b17-15-. The third-order valence-corrected chi connectivity index (χ3v) is 4.48. The van der Waals surface area contributed by atoms with E-state index in [4.69, 9.17) is 16.3 Å². The summed E-state index contributed by atoms with van der Waals surface area (Å²) in [6.45, 7) is 0. The number of aliphatic hydroxyl groups is 1. The van der Waals surface area contributed by atoms with Crippen LogP contribution in [-0.4, -0.2) is 35.9 Å². The molecular weight excluding hydrogens is 342 g/mol. The molecule has 5 nitrogen and oxygen atoms in total. The molecule has 2 aromatic rings. The van der Waals surface area contributed by atoms with Crippen LogP contribution in [0.1, 0.15) is 17.2 Å². The number of likely N-dealkylation sites (tertiary alicyclic amines) is 1. The van der Waals surface area contributed by atoms with Gasteiger partial charge in [0.15, 0.2) is 0 Å². The molecule has 1 unspecified atom stereocenters. The molecule has 2 aromatic carbocycles. The molecule has 128 valence electrons. The number of ketones is 1. The Morgan fingerprint density at radius 1 is 1.08 bits per heavy atom. The Hall–Kier alpha value is -2.79. The summed E-state index contributed by atoms with van der Waals surface area (Å²) >= 11 is 5.91. The smallest absolute Gasteiger partial charge is 0.295 e. The van der Waals surface area contributed by atoms with E-state index in [1.165, 1.54) is 19.1 Å². The Kier molecular flexibility index (Phi) is 4.51. The van der Waals surface area contributed by atoms with Gasteiger partial charge in [-0.05, 0) is 42.0 Å². The number of rotatable bonds is 3. The predicted octanol–water partition coefficient (Wildman–Crippen LogP) is 3.40. The second-order valence-corrected chi connectivity index (χ2v) is 6.13. The lowest BCUT2D eigenvalue weighted by Gasteiger charge is -2.21. The Labute approximate surface area is 150 Å². The first kappa shape index (κ1) is 17.0. The number of amides is 1. The van der Waals surface area contributed by atoms with Crippen LogP contribution in [0.3, 0.4) is 0 Å². The second-order valence-electron chi connectivity index (χ2n) is 5.69. The zero-order valence-electron chi connectivity index (χ0n) is 13.7. The maximum absolute atomic E-state index is 12.4. The van der Waals surface area contributed by atoms with E-state index >= 15 is 0 Å². The number of carbonyl (C=O) groups excluding carboxylic acids is 2. The van der Waals surface area contributed by atoms with E-state index in [-0.39, 0.29) is 11.3 Å². The molecule has 1 atom stereocenters. The topological polar surface area (TPSA) is 66.8 Å². The van der Waals surface area contributed by atoms with Crippen molar-refractivity contribution in [3.63, 3.8) is 0 Å². The highest BCUT2D eigenvalue weighted by molar-refractivity contribution is 6.46. The Morgan fingerprint density at radius 2 is 1.68 bits per heavy atom. The van der Waals surface area contributed by atoms with Crippen molar-refractivity contribution in [1.29, 1.82) is 0 Å². The molecule has 1 saturated heterocycles. The molecule has 1 aliphatic rings. The number of aliphatic hydroxyl groups excluding tert-OH is 1. The largest absolute Gasteiger partial charge is 0.507 e. The maximum atomic E-state index is 12.4. The van der Waals surface area contributed by atoms with E-state index in [9.17, 15) is 14.7 Å². The molecule has 0 bridgehead atoms. The van der Waals surface area contributed by atoms with E-state index in [0.717, 1.165) is 0 Å². The first-order chi connectivity index (χ1) is 11.9.